The maximum absolute atomic E-state index is 12.6. The fourth-order valence-electron chi connectivity index (χ4n) is 2.98. The Morgan fingerprint density at radius 1 is 1.27 bits per heavy atom. The van der Waals surface area contributed by atoms with Crippen LogP contribution in [0.1, 0.15) is 30.1 Å². The van der Waals surface area contributed by atoms with Crippen molar-refractivity contribution in [3.63, 3.8) is 0 Å². The van der Waals surface area contributed by atoms with Crippen LogP contribution in [0.25, 0.3) is 11.0 Å². The quantitative estimate of drug-likeness (QED) is 0.532. The Balaban J connectivity index is 1.63. The van der Waals surface area contributed by atoms with Crippen LogP contribution >= 0.6 is 31.9 Å². The normalized spacial score (nSPS) is 13.8. The van der Waals surface area contributed by atoms with Crippen molar-refractivity contribution >= 4 is 54.5 Å². The van der Waals surface area contributed by atoms with E-state index in [0.29, 0.717) is 5.92 Å². The molecule has 1 fully saturated rings. The van der Waals surface area contributed by atoms with E-state index in [1.54, 1.807) is 7.11 Å². The first-order chi connectivity index (χ1) is 12.6. The third kappa shape index (κ3) is 3.38. The predicted octanol–water partition coefficient (Wildman–Crippen LogP) is 5.16. The van der Waals surface area contributed by atoms with Crippen LogP contribution in [0.4, 0.5) is 5.69 Å². The molecule has 2 aromatic carbocycles. The van der Waals surface area contributed by atoms with Gasteiger partial charge in [0, 0.05) is 14.9 Å². The number of para-hydroxylation sites is 1. The topological polar surface area (TPSA) is 67.0 Å². The number of hydrogen-bond acceptors (Lipinski definition) is 3. The number of nitrogens with zero attached hydrogens (tertiary/aromatic N) is 1. The molecule has 1 saturated carbocycles. The van der Waals surface area contributed by atoms with Crippen LogP contribution in [-0.4, -0.2) is 23.0 Å². The first-order valence-corrected chi connectivity index (χ1v) is 9.94. The number of carbonyl (C=O) groups excluding carboxylic acids is 1. The van der Waals surface area contributed by atoms with E-state index in [1.807, 2.05) is 30.3 Å². The number of aromatic amines is 1. The Bertz CT molecular complexity index is 976. The molecule has 0 atom stereocenters. The van der Waals surface area contributed by atoms with Gasteiger partial charge in [0.05, 0.1) is 24.7 Å². The summed E-state index contributed by atoms with van der Waals surface area (Å²) in [5.41, 5.74) is 3.28. The molecule has 0 aliphatic heterocycles. The van der Waals surface area contributed by atoms with Crippen molar-refractivity contribution in [1.82, 2.24) is 9.97 Å². The van der Waals surface area contributed by atoms with Crippen molar-refractivity contribution in [2.45, 2.75) is 25.2 Å². The molecule has 7 heteroatoms. The molecule has 0 unspecified atom stereocenters. The number of hydrogen-bond donors (Lipinski definition) is 2. The van der Waals surface area contributed by atoms with E-state index in [-0.39, 0.29) is 12.3 Å². The Hall–Kier alpha value is -1.86. The first kappa shape index (κ1) is 17.5. The molecule has 0 bridgehead atoms. The zero-order valence-corrected chi connectivity index (χ0v) is 17.3. The second kappa shape index (κ2) is 7.04. The lowest BCUT2D eigenvalue weighted by molar-refractivity contribution is -0.115. The van der Waals surface area contributed by atoms with Gasteiger partial charge >= 0.3 is 0 Å². The zero-order valence-electron chi connectivity index (χ0n) is 14.1. The number of carbonyl (C=O) groups is 1. The summed E-state index contributed by atoms with van der Waals surface area (Å²) < 4.78 is 7.10. The summed E-state index contributed by atoms with van der Waals surface area (Å²) in [5.74, 6) is 2.14. The average Bonchev–Trinajstić information content (AvgIpc) is 3.37. The summed E-state index contributed by atoms with van der Waals surface area (Å²) in [4.78, 5) is 20.7. The molecule has 0 spiro atoms. The lowest BCUT2D eigenvalue weighted by Gasteiger charge is -2.10. The second-order valence-electron chi connectivity index (χ2n) is 6.37. The molecule has 134 valence electrons. The van der Waals surface area contributed by atoms with Crippen LogP contribution in [0, 0.1) is 0 Å². The minimum Gasteiger partial charge on any atom is -0.494 e. The van der Waals surface area contributed by atoms with Crippen molar-refractivity contribution in [2.24, 2.45) is 0 Å². The fraction of sp³-hybridized carbons (Fsp3) is 0.263. The number of anilines is 1. The number of amides is 1. The van der Waals surface area contributed by atoms with Gasteiger partial charge in [0.1, 0.15) is 17.1 Å². The van der Waals surface area contributed by atoms with E-state index in [2.05, 4.69) is 42.2 Å². The van der Waals surface area contributed by atoms with Gasteiger partial charge in [0.25, 0.3) is 0 Å². The molecular weight excluding hydrogens is 462 g/mol. The number of imidazole rings is 1. The SMILES string of the molecule is COc1ccc(CC(=O)Nc2c(Br)cccc2Br)c2nc(C3CC3)[nH]c12. The van der Waals surface area contributed by atoms with E-state index >= 15 is 0 Å². The number of aromatic nitrogens is 2. The monoisotopic (exact) mass is 477 g/mol. The molecule has 4 rings (SSSR count). The Kier molecular flexibility index (Phi) is 4.75. The lowest BCUT2D eigenvalue weighted by Crippen LogP contribution is -2.15. The molecule has 26 heavy (non-hydrogen) atoms. The predicted molar refractivity (Wildman–Crippen MR) is 109 cm³/mol. The van der Waals surface area contributed by atoms with E-state index < -0.39 is 0 Å². The Morgan fingerprint density at radius 3 is 2.65 bits per heavy atom. The van der Waals surface area contributed by atoms with E-state index in [0.717, 1.165) is 55.6 Å². The Morgan fingerprint density at radius 2 is 2.00 bits per heavy atom. The van der Waals surface area contributed by atoms with Crippen LogP contribution in [0.3, 0.4) is 0 Å². The minimum atomic E-state index is -0.0972. The van der Waals surface area contributed by atoms with Crippen molar-refractivity contribution < 1.29 is 9.53 Å². The van der Waals surface area contributed by atoms with Crippen LogP contribution in [0.15, 0.2) is 39.3 Å². The van der Waals surface area contributed by atoms with Crippen LogP contribution < -0.4 is 10.1 Å². The first-order valence-electron chi connectivity index (χ1n) is 8.36. The number of nitrogens with one attached hydrogen (secondary N) is 2. The summed E-state index contributed by atoms with van der Waals surface area (Å²) in [7, 11) is 1.64. The van der Waals surface area contributed by atoms with Crippen molar-refractivity contribution in [3.8, 4) is 5.75 Å². The van der Waals surface area contributed by atoms with Crippen LogP contribution in [-0.2, 0) is 11.2 Å². The third-order valence-corrected chi connectivity index (χ3v) is 5.79. The van der Waals surface area contributed by atoms with Gasteiger partial charge in [0.15, 0.2) is 0 Å². The van der Waals surface area contributed by atoms with Gasteiger partial charge < -0.3 is 15.0 Å². The third-order valence-electron chi connectivity index (χ3n) is 4.47. The average molecular weight is 479 g/mol. The fourth-order valence-corrected chi connectivity index (χ4v) is 4.17. The van der Waals surface area contributed by atoms with Crippen molar-refractivity contribution in [3.05, 3.63) is 50.7 Å². The molecule has 5 nitrogen and oxygen atoms in total. The summed E-state index contributed by atoms with van der Waals surface area (Å²) in [5, 5.41) is 2.96. The number of fused-ring (bicyclic) bond motifs is 1. The van der Waals surface area contributed by atoms with E-state index in [4.69, 9.17) is 9.72 Å². The van der Waals surface area contributed by atoms with Gasteiger partial charge in [-0.15, -0.1) is 0 Å². The molecule has 1 amide bonds. The maximum Gasteiger partial charge on any atom is 0.228 e. The number of benzene rings is 2. The number of ether oxygens (including phenoxy) is 1. The number of rotatable bonds is 5. The largest absolute Gasteiger partial charge is 0.494 e. The summed E-state index contributed by atoms with van der Waals surface area (Å²) in [6, 6.07) is 9.48. The standard InChI is InChI=1S/C19H17Br2N3O2/c1-26-14-8-7-11(16-18(14)24-19(23-16)10-5-6-10)9-15(25)22-17-12(20)3-2-4-13(17)21/h2-4,7-8,10H,5-6,9H2,1H3,(H,22,25)(H,23,24). The minimum absolute atomic E-state index is 0.0972. The van der Waals surface area contributed by atoms with Gasteiger partial charge in [-0.05, 0) is 68.5 Å². The molecule has 2 N–H and O–H groups in total. The molecule has 3 aromatic rings. The van der Waals surface area contributed by atoms with Gasteiger partial charge in [0.2, 0.25) is 5.91 Å². The highest BCUT2D eigenvalue weighted by atomic mass is 79.9. The van der Waals surface area contributed by atoms with Gasteiger partial charge in [-0.1, -0.05) is 12.1 Å². The highest BCUT2D eigenvalue weighted by molar-refractivity contribution is 9.11. The molecular formula is C19H17Br2N3O2. The summed E-state index contributed by atoms with van der Waals surface area (Å²) in [6.07, 6.45) is 2.56. The Labute approximate surface area is 167 Å². The lowest BCUT2D eigenvalue weighted by atomic mass is 10.1. The molecule has 1 aliphatic carbocycles. The molecule has 1 aromatic heterocycles. The van der Waals surface area contributed by atoms with Crippen molar-refractivity contribution in [1.29, 1.82) is 0 Å². The molecule has 0 saturated heterocycles. The molecule has 0 radical (unpaired) electrons. The van der Waals surface area contributed by atoms with Crippen molar-refractivity contribution in [2.75, 3.05) is 12.4 Å². The second-order valence-corrected chi connectivity index (χ2v) is 8.08. The highest BCUT2D eigenvalue weighted by Gasteiger charge is 2.28. The molecule has 1 heterocycles. The summed E-state index contributed by atoms with van der Waals surface area (Å²) >= 11 is 6.93. The van der Waals surface area contributed by atoms with Crippen LogP contribution in [0.2, 0.25) is 0 Å². The maximum atomic E-state index is 12.6. The number of halogens is 2. The zero-order chi connectivity index (χ0) is 18.3. The molecule has 1 aliphatic rings. The van der Waals surface area contributed by atoms with Crippen LogP contribution in [0.5, 0.6) is 5.75 Å². The van der Waals surface area contributed by atoms with Gasteiger partial charge in [-0.3, -0.25) is 4.79 Å². The van der Waals surface area contributed by atoms with E-state index in [9.17, 15) is 4.79 Å². The number of methoxy groups -OCH3 is 1. The summed E-state index contributed by atoms with van der Waals surface area (Å²) in [6.45, 7) is 0. The number of H-pyrrole nitrogens is 1. The highest BCUT2D eigenvalue weighted by Crippen LogP contribution is 2.40. The van der Waals surface area contributed by atoms with Gasteiger partial charge in [-0.25, -0.2) is 4.98 Å². The van der Waals surface area contributed by atoms with Gasteiger partial charge in [-0.2, -0.15) is 0 Å². The smallest absolute Gasteiger partial charge is 0.228 e. The van der Waals surface area contributed by atoms with E-state index in [1.165, 1.54) is 0 Å².